The van der Waals surface area contributed by atoms with Crippen LogP contribution in [-0.2, 0) is 0 Å². The van der Waals surface area contributed by atoms with Crippen LogP contribution >= 0.6 is 0 Å². The summed E-state index contributed by atoms with van der Waals surface area (Å²) in [7, 11) is 1.48. The minimum atomic E-state index is -0.589. The standard InChI is InChI=1S/C16H9N3O5/c1-24-9-3-4-12-10(7-9)16(21)18-13-5-2-8(19(22)23)6-11(13)14(20)15(18)17-12/h2-7H,1H3. The molecule has 0 atom stereocenters. The minimum absolute atomic E-state index is 0.0480. The van der Waals surface area contributed by atoms with Crippen LogP contribution in [0.1, 0.15) is 16.2 Å². The van der Waals surface area contributed by atoms with Crippen molar-refractivity contribution in [2.45, 2.75) is 0 Å². The highest BCUT2D eigenvalue weighted by Crippen LogP contribution is 2.29. The van der Waals surface area contributed by atoms with E-state index in [-0.39, 0.29) is 17.1 Å². The van der Waals surface area contributed by atoms with Crippen molar-refractivity contribution in [3.05, 3.63) is 68.3 Å². The zero-order valence-electron chi connectivity index (χ0n) is 12.3. The van der Waals surface area contributed by atoms with Crippen molar-refractivity contribution in [1.29, 1.82) is 0 Å². The second kappa shape index (κ2) is 4.72. The highest BCUT2D eigenvalue weighted by atomic mass is 16.6. The van der Waals surface area contributed by atoms with Crippen LogP contribution in [0.25, 0.3) is 16.6 Å². The van der Waals surface area contributed by atoms with Gasteiger partial charge < -0.3 is 4.74 Å². The van der Waals surface area contributed by atoms with E-state index >= 15 is 0 Å². The smallest absolute Gasteiger partial charge is 0.270 e. The first-order valence-corrected chi connectivity index (χ1v) is 6.95. The minimum Gasteiger partial charge on any atom is -0.497 e. The van der Waals surface area contributed by atoms with Gasteiger partial charge in [-0.2, -0.15) is 0 Å². The number of hydrogen-bond donors (Lipinski definition) is 0. The third-order valence-corrected chi connectivity index (χ3v) is 3.95. The summed E-state index contributed by atoms with van der Waals surface area (Å²) in [6.45, 7) is 0. The number of nitro benzene ring substituents is 1. The van der Waals surface area contributed by atoms with Crippen molar-refractivity contribution in [2.75, 3.05) is 7.11 Å². The molecule has 24 heavy (non-hydrogen) atoms. The van der Waals surface area contributed by atoms with Crippen LogP contribution in [0.15, 0.2) is 41.2 Å². The quantitative estimate of drug-likeness (QED) is 0.412. The van der Waals surface area contributed by atoms with E-state index in [1.807, 2.05) is 0 Å². The molecule has 0 aliphatic carbocycles. The lowest BCUT2D eigenvalue weighted by Crippen LogP contribution is -2.21. The van der Waals surface area contributed by atoms with Gasteiger partial charge in [-0.15, -0.1) is 0 Å². The summed E-state index contributed by atoms with van der Waals surface area (Å²) >= 11 is 0. The Morgan fingerprint density at radius 1 is 1.17 bits per heavy atom. The number of ketones is 1. The maximum absolute atomic E-state index is 12.8. The fourth-order valence-corrected chi connectivity index (χ4v) is 2.80. The van der Waals surface area contributed by atoms with Crippen molar-refractivity contribution in [3.63, 3.8) is 0 Å². The Hall–Kier alpha value is -3.55. The predicted molar refractivity (Wildman–Crippen MR) is 84.0 cm³/mol. The maximum atomic E-state index is 12.8. The van der Waals surface area contributed by atoms with Crippen LogP contribution in [0, 0.1) is 10.1 Å². The van der Waals surface area contributed by atoms with Crippen molar-refractivity contribution >= 4 is 22.4 Å². The maximum Gasteiger partial charge on any atom is 0.270 e. The van der Waals surface area contributed by atoms with Gasteiger partial charge in [-0.3, -0.25) is 24.3 Å². The topological polar surface area (TPSA) is 104 Å². The van der Waals surface area contributed by atoms with Crippen LogP contribution < -0.4 is 10.3 Å². The van der Waals surface area contributed by atoms with Gasteiger partial charge in [-0.1, -0.05) is 0 Å². The molecular formula is C16H9N3O5. The SMILES string of the molecule is COc1ccc2nc3n(c(=O)c2c1)-c1ccc([N+](=O)[O-])cc1C3=O. The first kappa shape index (κ1) is 14.1. The van der Waals surface area contributed by atoms with E-state index in [9.17, 15) is 19.7 Å². The van der Waals surface area contributed by atoms with Gasteiger partial charge in [0.1, 0.15) is 5.75 Å². The van der Waals surface area contributed by atoms with E-state index in [4.69, 9.17) is 4.74 Å². The fraction of sp³-hybridized carbons (Fsp3) is 0.0625. The van der Waals surface area contributed by atoms with E-state index in [0.29, 0.717) is 22.3 Å². The first-order valence-electron chi connectivity index (χ1n) is 6.95. The summed E-state index contributed by atoms with van der Waals surface area (Å²) in [6, 6.07) is 8.58. The Bertz CT molecular complexity index is 1120. The first-order chi connectivity index (χ1) is 11.5. The molecule has 4 rings (SSSR count). The molecule has 0 radical (unpaired) electrons. The number of non-ortho nitro benzene ring substituents is 1. The largest absolute Gasteiger partial charge is 0.497 e. The number of carbonyl (C=O) groups is 1. The summed E-state index contributed by atoms with van der Waals surface area (Å²) in [5.74, 6) is -0.0631. The second-order valence-electron chi connectivity index (χ2n) is 5.25. The summed E-state index contributed by atoms with van der Waals surface area (Å²) in [6.07, 6.45) is 0. The van der Waals surface area contributed by atoms with Gasteiger partial charge in [0.15, 0.2) is 5.82 Å². The van der Waals surface area contributed by atoms with Crippen LogP contribution in [0.2, 0.25) is 0 Å². The monoisotopic (exact) mass is 323 g/mol. The fourth-order valence-electron chi connectivity index (χ4n) is 2.80. The highest BCUT2D eigenvalue weighted by molar-refractivity contribution is 6.13. The van der Waals surface area contributed by atoms with Crippen molar-refractivity contribution < 1.29 is 14.5 Å². The van der Waals surface area contributed by atoms with Crippen molar-refractivity contribution in [1.82, 2.24) is 9.55 Å². The molecular weight excluding hydrogens is 314 g/mol. The number of nitro groups is 1. The molecule has 1 aliphatic heterocycles. The van der Waals surface area contributed by atoms with Crippen LogP contribution in [0.5, 0.6) is 5.75 Å². The predicted octanol–water partition coefficient (Wildman–Crippen LogP) is 1.85. The molecule has 0 bridgehead atoms. The zero-order valence-corrected chi connectivity index (χ0v) is 12.3. The van der Waals surface area contributed by atoms with E-state index in [1.165, 1.54) is 23.8 Å². The molecule has 8 heteroatoms. The van der Waals surface area contributed by atoms with Crippen LogP contribution in [-0.4, -0.2) is 27.4 Å². The van der Waals surface area contributed by atoms with Gasteiger partial charge in [0, 0.05) is 12.1 Å². The Morgan fingerprint density at radius 2 is 1.96 bits per heavy atom. The molecule has 2 aromatic carbocycles. The molecule has 0 spiro atoms. The zero-order chi connectivity index (χ0) is 17.0. The van der Waals surface area contributed by atoms with E-state index in [1.54, 1.807) is 18.2 Å². The molecule has 8 nitrogen and oxygen atoms in total. The summed E-state index contributed by atoms with van der Waals surface area (Å²) in [5.41, 5.74) is 0.116. The molecule has 0 N–H and O–H groups in total. The Labute approximate surface area is 134 Å². The number of ether oxygens (including phenoxy) is 1. The van der Waals surface area contributed by atoms with Gasteiger partial charge in [0.2, 0.25) is 5.78 Å². The third kappa shape index (κ3) is 1.76. The Balaban J connectivity index is 2.06. The normalized spacial score (nSPS) is 12.1. The molecule has 0 unspecified atom stereocenters. The van der Waals surface area contributed by atoms with Crippen molar-refractivity contribution in [2.24, 2.45) is 0 Å². The number of carbonyl (C=O) groups excluding carboxylic acids is 1. The molecule has 0 amide bonds. The van der Waals surface area contributed by atoms with Gasteiger partial charge in [-0.05, 0) is 24.3 Å². The van der Waals surface area contributed by atoms with Gasteiger partial charge >= 0.3 is 0 Å². The van der Waals surface area contributed by atoms with Gasteiger partial charge in [0.25, 0.3) is 11.2 Å². The number of nitrogens with zero attached hydrogens (tertiary/aromatic N) is 3. The number of hydrogen-bond acceptors (Lipinski definition) is 6. The third-order valence-electron chi connectivity index (χ3n) is 3.95. The number of benzene rings is 2. The molecule has 3 aromatic rings. The Morgan fingerprint density at radius 3 is 2.67 bits per heavy atom. The van der Waals surface area contributed by atoms with Crippen molar-refractivity contribution in [3.8, 4) is 11.4 Å². The second-order valence-corrected chi connectivity index (χ2v) is 5.25. The molecule has 1 aromatic heterocycles. The average Bonchev–Trinajstić information content (AvgIpc) is 2.87. The molecule has 1 aliphatic rings. The van der Waals surface area contributed by atoms with Gasteiger partial charge in [0.05, 0.1) is 34.2 Å². The van der Waals surface area contributed by atoms with E-state index in [0.717, 1.165) is 6.07 Å². The number of fused-ring (bicyclic) bond motifs is 4. The highest BCUT2D eigenvalue weighted by Gasteiger charge is 2.32. The van der Waals surface area contributed by atoms with E-state index in [2.05, 4.69) is 4.98 Å². The molecule has 0 saturated heterocycles. The number of rotatable bonds is 2. The van der Waals surface area contributed by atoms with Crippen LogP contribution in [0.4, 0.5) is 5.69 Å². The van der Waals surface area contributed by atoms with Gasteiger partial charge in [-0.25, -0.2) is 4.98 Å². The van der Waals surface area contributed by atoms with E-state index < -0.39 is 16.3 Å². The Kier molecular flexibility index (Phi) is 2.77. The lowest BCUT2D eigenvalue weighted by atomic mass is 10.1. The lowest BCUT2D eigenvalue weighted by molar-refractivity contribution is -0.384. The average molecular weight is 323 g/mol. The molecule has 0 saturated carbocycles. The van der Waals surface area contributed by atoms with Crippen LogP contribution in [0.3, 0.4) is 0 Å². The summed E-state index contributed by atoms with van der Waals surface area (Å²) in [4.78, 5) is 39.9. The molecule has 118 valence electrons. The number of methoxy groups -OCH3 is 1. The molecule has 2 heterocycles. The summed E-state index contributed by atoms with van der Waals surface area (Å²) in [5, 5.41) is 11.2. The lowest BCUT2D eigenvalue weighted by Gasteiger charge is -2.06. The number of aromatic nitrogens is 2. The summed E-state index contributed by atoms with van der Waals surface area (Å²) < 4.78 is 6.30. The molecule has 0 fully saturated rings.